The standard InChI is InChI=1S/C19H19Cl2N3O5S/c1-19(2)10-28-11-23(19)18(25)12-7-16-17(22-9-12)29-6-5-24(16)30(26,27)13-3-4-14(20)15(21)8-13/h3-4,7-9H,5-6,10-11H2,1-2H3. The van der Waals surface area contributed by atoms with Crippen LogP contribution in [0.1, 0.15) is 24.2 Å². The molecule has 1 aromatic carbocycles. The predicted octanol–water partition coefficient (Wildman–Crippen LogP) is 3.18. The van der Waals surface area contributed by atoms with Crippen LogP contribution in [0.15, 0.2) is 35.4 Å². The van der Waals surface area contributed by atoms with E-state index in [0.717, 1.165) is 0 Å². The molecule has 0 saturated carbocycles. The first-order valence-corrected chi connectivity index (χ1v) is 11.3. The molecule has 4 rings (SSSR count). The van der Waals surface area contributed by atoms with Crippen molar-refractivity contribution < 1.29 is 22.7 Å². The van der Waals surface area contributed by atoms with Gasteiger partial charge in [-0.2, -0.15) is 0 Å². The van der Waals surface area contributed by atoms with Crippen molar-refractivity contribution in [3.05, 3.63) is 46.1 Å². The van der Waals surface area contributed by atoms with E-state index < -0.39 is 15.6 Å². The van der Waals surface area contributed by atoms with Gasteiger partial charge >= 0.3 is 0 Å². The minimum absolute atomic E-state index is 0.0180. The molecule has 160 valence electrons. The molecule has 1 fully saturated rings. The number of ether oxygens (including phenoxy) is 2. The van der Waals surface area contributed by atoms with E-state index in [1.807, 2.05) is 13.8 Å². The van der Waals surface area contributed by atoms with Crippen LogP contribution in [0, 0.1) is 0 Å². The van der Waals surface area contributed by atoms with Crippen molar-refractivity contribution in [1.29, 1.82) is 0 Å². The number of hydrogen-bond acceptors (Lipinski definition) is 6. The summed E-state index contributed by atoms with van der Waals surface area (Å²) in [5, 5.41) is 0.382. The lowest BCUT2D eigenvalue weighted by atomic mass is 10.0. The molecule has 8 nitrogen and oxygen atoms in total. The van der Waals surface area contributed by atoms with Crippen molar-refractivity contribution in [2.45, 2.75) is 24.3 Å². The number of carbonyl (C=O) groups excluding carboxylic acids is 1. The zero-order valence-corrected chi connectivity index (χ0v) is 18.6. The zero-order valence-electron chi connectivity index (χ0n) is 16.3. The van der Waals surface area contributed by atoms with Crippen LogP contribution in [0.3, 0.4) is 0 Å². The number of hydrogen-bond donors (Lipinski definition) is 0. The number of amides is 1. The molecular formula is C19H19Cl2N3O5S. The van der Waals surface area contributed by atoms with Gasteiger partial charge in [0.05, 0.1) is 39.2 Å². The van der Waals surface area contributed by atoms with Gasteiger partial charge in [0.1, 0.15) is 19.0 Å². The average Bonchev–Trinajstić information content (AvgIpc) is 3.07. The summed E-state index contributed by atoms with van der Waals surface area (Å²) in [6, 6.07) is 5.57. The number of carbonyl (C=O) groups is 1. The second-order valence-electron chi connectivity index (χ2n) is 7.57. The monoisotopic (exact) mass is 471 g/mol. The highest BCUT2D eigenvalue weighted by Crippen LogP contribution is 2.36. The Morgan fingerprint density at radius 2 is 1.97 bits per heavy atom. The van der Waals surface area contributed by atoms with Crippen LogP contribution in [0.5, 0.6) is 5.88 Å². The molecule has 1 amide bonds. The molecule has 3 heterocycles. The van der Waals surface area contributed by atoms with Crippen LogP contribution in [-0.4, -0.2) is 56.2 Å². The quantitative estimate of drug-likeness (QED) is 0.682. The Morgan fingerprint density at radius 1 is 1.20 bits per heavy atom. The first-order chi connectivity index (χ1) is 14.1. The molecule has 0 bridgehead atoms. The van der Waals surface area contributed by atoms with Gasteiger partial charge in [-0.05, 0) is 38.1 Å². The Kier molecular flexibility index (Phi) is 5.34. The van der Waals surface area contributed by atoms with Crippen LogP contribution in [-0.2, 0) is 14.8 Å². The largest absolute Gasteiger partial charge is 0.474 e. The molecule has 30 heavy (non-hydrogen) atoms. The zero-order chi connectivity index (χ0) is 21.7. The van der Waals surface area contributed by atoms with Gasteiger partial charge in [0.15, 0.2) is 0 Å². The fourth-order valence-corrected chi connectivity index (χ4v) is 5.16. The van der Waals surface area contributed by atoms with Crippen LogP contribution in [0.25, 0.3) is 0 Å². The summed E-state index contributed by atoms with van der Waals surface area (Å²) in [6.45, 7) is 4.55. The molecule has 1 aromatic heterocycles. The lowest BCUT2D eigenvalue weighted by Crippen LogP contribution is -2.44. The lowest BCUT2D eigenvalue weighted by Gasteiger charge is -2.31. The minimum Gasteiger partial charge on any atom is -0.474 e. The number of halogens is 2. The number of fused-ring (bicyclic) bond motifs is 1. The Hall–Kier alpha value is -2.07. The SMILES string of the molecule is CC1(C)COCN1C(=O)c1cnc2c(c1)N(S(=O)(=O)c1ccc(Cl)c(Cl)c1)CCO2. The van der Waals surface area contributed by atoms with Crippen molar-refractivity contribution in [1.82, 2.24) is 9.88 Å². The lowest BCUT2D eigenvalue weighted by molar-refractivity contribution is 0.0605. The molecule has 0 aliphatic carbocycles. The maximum absolute atomic E-state index is 13.3. The number of sulfonamides is 1. The molecule has 0 N–H and O–H groups in total. The average molecular weight is 472 g/mol. The van der Waals surface area contributed by atoms with Gasteiger partial charge in [-0.15, -0.1) is 0 Å². The maximum Gasteiger partial charge on any atom is 0.264 e. The molecule has 2 aromatic rings. The van der Waals surface area contributed by atoms with Gasteiger partial charge in [0, 0.05) is 6.20 Å². The maximum atomic E-state index is 13.3. The number of anilines is 1. The van der Waals surface area contributed by atoms with Gasteiger partial charge in [0.25, 0.3) is 15.9 Å². The second-order valence-corrected chi connectivity index (χ2v) is 10.2. The molecular weight excluding hydrogens is 453 g/mol. The number of nitrogens with zero attached hydrogens (tertiary/aromatic N) is 3. The Bertz CT molecular complexity index is 1120. The van der Waals surface area contributed by atoms with Crippen LogP contribution >= 0.6 is 23.2 Å². The van der Waals surface area contributed by atoms with E-state index in [1.165, 1.54) is 34.8 Å². The molecule has 2 aliphatic rings. The molecule has 0 spiro atoms. The third kappa shape index (κ3) is 3.60. The third-order valence-corrected chi connectivity index (χ3v) is 7.56. The number of rotatable bonds is 3. The normalized spacial score (nSPS) is 18.1. The van der Waals surface area contributed by atoms with Gasteiger partial charge in [-0.25, -0.2) is 13.4 Å². The summed E-state index contributed by atoms with van der Waals surface area (Å²) in [4.78, 5) is 18.8. The summed E-state index contributed by atoms with van der Waals surface area (Å²) in [6.07, 6.45) is 1.38. The van der Waals surface area contributed by atoms with E-state index in [4.69, 9.17) is 32.7 Å². The van der Waals surface area contributed by atoms with Crippen molar-refractivity contribution in [3.63, 3.8) is 0 Å². The molecule has 0 unspecified atom stereocenters. The molecule has 2 aliphatic heterocycles. The highest BCUT2D eigenvalue weighted by molar-refractivity contribution is 7.92. The summed E-state index contributed by atoms with van der Waals surface area (Å²) in [7, 11) is -3.98. The van der Waals surface area contributed by atoms with Gasteiger partial charge in [-0.3, -0.25) is 9.10 Å². The summed E-state index contributed by atoms with van der Waals surface area (Å²) < 4.78 is 38.7. The first kappa shape index (κ1) is 21.2. The Balaban J connectivity index is 1.74. The summed E-state index contributed by atoms with van der Waals surface area (Å²) >= 11 is 11.9. The highest BCUT2D eigenvalue weighted by atomic mass is 35.5. The van der Waals surface area contributed by atoms with Gasteiger partial charge in [0.2, 0.25) is 5.88 Å². The highest BCUT2D eigenvalue weighted by Gasteiger charge is 2.38. The number of pyridine rings is 1. The van der Waals surface area contributed by atoms with Crippen molar-refractivity contribution in [2.75, 3.05) is 30.8 Å². The van der Waals surface area contributed by atoms with Crippen molar-refractivity contribution in [2.24, 2.45) is 0 Å². The van der Waals surface area contributed by atoms with Crippen molar-refractivity contribution >= 4 is 44.8 Å². The third-order valence-electron chi connectivity index (χ3n) is 5.01. The Labute approximate surface area is 184 Å². The first-order valence-electron chi connectivity index (χ1n) is 9.11. The van der Waals surface area contributed by atoms with Gasteiger partial charge in [-0.1, -0.05) is 23.2 Å². The Morgan fingerprint density at radius 3 is 2.63 bits per heavy atom. The fourth-order valence-electron chi connectivity index (χ4n) is 3.34. The van der Waals surface area contributed by atoms with E-state index in [0.29, 0.717) is 6.61 Å². The minimum atomic E-state index is -3.98. The topological polar surface area (TPSA) is 89.0 Å². The predicted molar refractivity (Wildman–Crippen MR) is 112 cm³/mol. The molecule has 11 heteroatoms. The van der Waals surface area contributed by atoms with Crippen LogP contribution in [0.4, 0.5) is 5.69 Å². The van der Waals surface area contributed by atoms with E-state index >= 15 is 0 Å². The summed E-state index contributed by atoms with van der Waals surface area (Å²) in [5.74, 6) is -0.163. The van der Waals surface area contributed by atoms with E-state index in [-0.39, 0.29) is 57.9 Å². The fraction of sp³-hybridized carbons (Fsp3) is 0.368. The van der Waals surface area contributed by atoms with Gasteiger partial charge < -0.3 is 14.4 Å². The van der Waals surface area contributed by atoms with E-state index in [2.05, 4.69) is 4.98 Å². The van der Waals surface area contributed by atoms with Crippen molar-refractivity contribution in [3.8, 4) is 5.88 Å². The van der Waals surface area contributed by atoms with E-state index in [1.54, 1.807) is 4.90 Å². The number of aromatic nitrogens is 1. The molecule has 0 radical (unpaired) electrons. The molecule has 0 atom stereocenters. The number of benzene rings is 1. The second kappa shape index (κ2) is 7.56. The van der Waals surface area contributed by atoms with E-state index in [9.17, 15) is 13.2 Å². The smallest absolute Gasteiger partial charge is 0.264 e. The van der Waals surface area contributed by atoms with Crippen LogP contribution in [0.2, 0.25) is 10.0 Å². The molecule has 1 saturated heterocycles. The summed E-state index contributed by atoms with van der Waals surface area (Å²) in [5.41, 5.74) is -0.0433. The van der Waals surface area contributed by atoms with Crippen LogP contribution < -0.4 is 9.04 Å².